The highest BCUT2D eigenvalue weighted by Crippen LogP contribution is 2.48. The summed E-state index contributed by atoms with van der Waals surface area (Å²) in [5, 5.41) is 0. The molecule has 8 heteroatoms. The summed E-state index contributed by atoms with van der Waals surface area (Å²) in [6, 6.07) is 11.7. The summed E-state index contributed by atoms with van der Waals surface area (Å²) in [4.78, 5) is 35.2. The van der Waals surface area contributed by atoms with Gasteiger partial charge in [0.25, 0.3) is 0 Å². The number of benzene rings is 1. The van der Waals surface area contributed by atoms with Crippen molar-refractivity contribution in [1.29, 1.82) is 0 Å². The lowest BCUT2D eigenvalue weighted by Gasteiger charge is -2.50. The first-order valence-electron chi connectivity index (χ1n) is 14.7. The number of fused-ring (bicyclic) bond motifs is 2. The number of rotatable bonds is 7. The maximum atomic E-state index is 13.3. The maximum absolute atomic E-state index is 13.3. The largest absolute Gasteiger partial charge is 0.342 e. The number of hydrogen-bond acceptors (Lipinski definition) is 3. The minimum Gasteiger partial charge on any atom is -0.342 e. The maximum Gasteiger partial charge on any atom is 0.320 e. The number of carbonyl (C=O) groups excluding carboxylic acids is 2. The molecule has 2 bridgehead atoms. The molecule has 4 fully saturated rings. The summed E-state index contributed by atoms with van der Waals surface area (Å²) in [6.07, 6.45) is 4.82. The Balaban J connectivity index is 0.00000353. The molecular formula is C31H48ClFN4O2. The number of hydrogen-bond donors (Lipinski definition) is 0. The Hall–Kier alpha value is -1.86. The van der Waals surface area contributed by atoms with E-state index >= 15 is 0 Å². The number of alkyl halides is 1. The molecule has 4 saturated heterocycles. The van der Waals surface area contributed by atoms with Crippen molar-refractivity contribution in [3.8, 4) is 0 Å². The fourth-order valence-corrected chi connectivity index (χ4v) is 8.11. The van der Waals surface area contributed by atoms with Crippen LogP contribution >= 0.6 is 12.4 Å². The van der Waals surface area contributed by atoms with E-state index in [1.807, 2.05) is 0 Å². The van der Waals surface area contributed by atoms with Crippen LogP contribution in [0.15, 0.2) is 30.3 Å². The number of nitrogens with zero attached hydrogens (tertiary/aromatic N) is 4. The smallest absolute Gasteiger partial charge is 0.320 e. The Morgan fingerprint density at radius 1 is 1.08 bits per heavy atom. The molecule has 0 saturated carbocycles. The van der Waals surface area contributed by atoms with Crippen LogP contribution in [0.1, 0.15) is 78.2 Å². The van der Waals surface area contributed by atoms with Gasteiger partial charge in [0.1, 0.15) is 6.67 Å². The molecule has 2 unspecified atom stereocenters. The van der Waals surface area contributed by atoms with Crippen LogP contribution < -0.4 is 0 Å². The van der Waals surface area contributed by atoms with Crippen LogP contribution in [0.3, 0.4) is 0 Å². The van der Waals surface area contributed by atoms with Gasteiger partial charge in [0.05, 0.1) is 12.1 Å². The monoisotopic (exact) mass is 562 g/mol. The van der Waals surface area contributed by atoms with E-state index in [0.29, 0.717) is 36.9 Å². The lowest BCUT2D eigenvalue weighted by atomic mass is 9.80. The van der Waals surface area contributed by atoms with E-state index in [0.717, 1.165) is 45.3 Å². The fourth-order valence-electron chi connectivity index (χ4n) is 8.11. The number of urea groups is 1. The highest BCUT2D eigenvalue weighted by atomic mass is 35.5. The predicted octanol–water partition coefficient (Wildman–Crippen LogP) is 5.57. The van der Waals surface area contributed by atoms with Crippen molar-refractivity contribution < 1.29 is 14.0 Å². The topological polar surface area (TPSA) is 47.1 Å². The standard InChI is InChI=1S/C31H47FN4O2.ClH/c1-22(2)36-29(38)33(14-13-32)21-31(36)15-25-11-12-26(16-31)35(25)19-24-18-34(28(37)17-30(3,4)5)20-27(24)23-9-7-6-8-10-23;/h6-10,22,24-27H,11-21H2,1-5H3;1H/t24-,25?,26?,27-,31?;/m1./s1. The van der Waals surface area contributed by atoms with E-state index in [2.05, 4.69) is 79.7 Å². The van der Waals surface area contributed by atoms with E-state index in [4.69, 9.17) is 0 Å². The number of carbonyl (C=O) groups is 2. The average Bonchev–Trinajstić information content (AvgIpc) is 3.45. The SMILES string of the molecule is CC(C)N1C(=O)N(CCF)CC12CC1CCC(C2)N1C[C@H]1CN(C(=O)CC(C)(C)C)C[C@@H]1c1ccccc1.Cl. The molecule has 1 aromatic carbocycles. The molecular weight excluding hydrogens is 515 g/mol. The Labute approximate surface area is 240 Å². The van der Waals surface area contributed by atoms with Gasteiger partial charge in [0, 0.05) is 56.6 Å². The lowest BCUT2D eigenvalue weighted by Crippen LogP contribution is -2.60. The Morgan fingerprint density at radius 2 is 1.72 bits per heavy atom. The van der Waals surface area contributed by atoms with Crippen molar-refractivity contribution in [3.05, 3.63) is 35.9 Å². The van der Waals surface area contributed by atoms with Crippen molar-refractivity contribution in [3.63, 3.8) is 0 Å². The molecule has 39 heavy (non-hydrogen) atoms. The van der Waals surface area contributed by atoms with Crippen molar-refractivity contribution in [2.24, 2.45) is 11.3 Å². The molecule has 4 aliphatic rings. The second kappa shape index (κ2) is 11.6. The highest BCUT2D eigenvalue weighted by Gasteiger charge is 2.58. The second-order valence-electron chi connectivity index (χ2n) is 13.9. The minimum atomic E-state index is -0.486. The first kappa shape index (κ1) is 30.1. The van der Waals surface area contributed by atoms with Crippen LogP contribution in [0.5, 0.6) is 0 Å². The summed E-state index contributed by atoms with van der Waals surface area (Å²) >= 11 is 0. The molecule has 3 amide bonds. The first-order valence-corrected chi connectivity index (χ1v) is 14.7. The van der Waals surface area contributed by atoms with Gasteiger partial charge in [0.15, 0.2) is 0 Å². The molecule has 1 spiro atoms. The summed E-state index contributed by atoms with van der Waals surface area (Å²) in [6.45, 7) is 13.6. The summed E-state index contributed by atoms with van der Waals surface area (Å²) < 4.78 is 13.3. The molecule has 6 nitrogen and oxygen atoms in total. The van der Waals surface area contributed by atoms with Crippen LogP contribution in [0, 0.1) is 11.3 Å². The van der Waals surface area contributed by atoms with E-state index in [9.17, 15) is 14.0 Å². The third-order valence-electron chi connectivity index (χ3n) is 9.49. The van der Waals surface area contributed by atoms with Gasteiger partial charge in [-0.05, 0) is 56.4 Å². The van der Waals surface area contributed by atoms with Crippen LogP contribution in [0.4, 0.5) is 9.18 Å². The van der Waals surface area contributed by atoms with Crippen LogP contribution in [0.25, 0.3) is 0 Å². The van der Waals surface area contributed by atoms with Gasteiger partial charge >= 0.3 is 6.03 Å². The van der Waals surface area contributed by atoms with Gasteiger partial charge in [-0.2, -0.15) is 0 Å². The van der Waals surface area contributed by atoms with E-state index in [1.165, 1.54) is 5.56 Å². The van der Waals surface area contributed by atoms with Crippen molar-refractivity contribution in [2.75, 3.05) is 39.4 Å². The third-order valence-corrected chi connectivity index (χ3v) is 9.49. The Bertz CT molecular complexity index is 1000. The number of piperidine rings is 1. The van der Waals surface area contributed by atoms with Gasteiger partial charge in [-0.25, -0.2) is 9.18 Å². The number of halogens is 2. The lowest BCUT2D eigenvalue weighted by molar-refractivity contribution is -0.132. The molecule has 1 aromatic rings. The second-order valence-corrected chi connectivity index (χ2v) is 13.9. The molecule has 0 aromatic heterocycles. The van der Waals surface area contributed by atoms with Gasteiger partial charge in [-0.3, -0.25) is 9.69 Å². The van der Waals surface area contributed by atoms with E-state index in [1.54, 1.807) is 4.90 Å². The van der Waals surface area contributed by atoms with E-state index in [-0.39, 0.29) is 47.9 Å². The van der Waals surface area contributed by atoms with Crippen molar-refractivity contribution in [2.45, 2.75) is 96.3 Å². The van der Waals surface area contributed by atoms with Crippen LogP contribution in [-0.4, -0.2) is 94.6 Å². The predicted molar refractivity (Wildman–Crippen MR) is 156 cm³/mol. The Kier molecular flexibility index (Phi) is 8.92. The summed E-state index contributed by atoms with van der Waals surface area (Å²) in [5.41, 5.74) is 1.12. The number of likely N-dealkylation sites (tertiary alicyclic amines) is 1. The Morgan fingerprint density at radius 3 is 2.28 bits per heavy atom. The van der Waals surface area contributed by atoms with Gasteiger partial charge < -0.3 is 14.7 Å². The average molecular weight is 563 g/mol. The molecule has 4 atom stereocenters. The molecule has 218 valence electrons. The van der Waals surface area contributed by atoms with Crippen molar-refractivity contribution >= 4 is 24.3 Å². The van der Waals surface area contributed by atoms with Crippen molar-refractivity contribution in [1.82, 2.24) is 19.6 Å². The van der Waals surface area contributed by atoms with Crippen LogP contribution in [0.2, 0.25) is 0 Å². The van der Waals surface area contributed by atoms with Gasteiger partial charge in [0.2, 0.25) is 5.91 Å². The van der Waals surface area contributed by atoms with Gasteiger partial charge in [-0.1, -0.05) is 51.1 Å². The zero-order valence-electron chi connectivity index (χ0n) is 24.4. The first-order chi connectivity index (χ1) is 18.0. The molecule has 5 rings (SSSR count). The molecule has 0 radical (unpaired) electrons. The number of amides is 3. The van der Waals surface area contributed by atoms with Crippen LogP contribution in [-0.2, 0) is 4.79 Å². The quantitative estimate of drug-likeness (QED) is 0.437. The normalized spacial score (nSPS) is 31.1. The zero-order chi connectivity index (χ0) is 27.2. The summed E-state index contributed by atoms with van der Waals surface area (Å²) in [5.74, 6) is 1.01. The zero-order valence-corrected chi connectivity index (χ0v) is 25.3. The summed E-state index contributed by atoms with van der Waals surface area (Å²) in [7, 11) is 0. The van der Waals surface area contributed by atoms with E-state index < -0.39 is 6.67 Å². The third kappa shape index (κ3) is 5.95. The molecule has 0 aliphatic carbocycles. The molecule has 4 aliphatic heterocycles. The highest BCUT2D eigenvalue weighted by molar-refractivity contribution is 5.85. The molecule has 4 heterocycles. The van der Waals surface area contributed by atoms with Gasteiger partial charge in [-0.15, -0.1) is 12.4 Å². The molecule has 0 N–H and O–H groups in total. The minimum absolute atomic E-state index is 0. The fraction of sp³-hybridized carbons (Fsp3) is 0.742.